The van der Waals surface area contributed by atoms with Crippen molar-refractivity contribution < 1.29 is 29.0 Å². The minimum atomic E-state index is -0.721. The molecule has 0 radical (unpaired) electrons. The summed E-state index contributed by atoms with van der Waals surface area (Å²) >= 11 is 0. The van der Waals surface area contributed by atoms with E-state index in [-0.39, 0.29) is 59.4 Å². The zero-order valence-corrected chi connectivity index (χ0v) is 22.4. The van der Waals surface area contributed by atoms with Crippen LogP contribution in [0.15, 0.2) is 28.5 Å². The molecule has 38 heavy (non-hydrogen) atoms. The van der Waals surface area contributed by atoms with Crippen LogP contribution in [0, 0.1) is 18.3 Å². The number of methoxy groups -OCH3 is 2. The van der Waals surface area contributed by atoms with E-state index in [1.54, 1.807) is 6.92 Å². The number of phenols is 1. The summed E-state index contributed by atoms with van der Waals surface area (Å²) in [7, 11) is 4.80. The summed E-state index contributed by atoms with van der Waals surface area (Å²) in [5.41, 5.74) is 3.34. The van der Waals surface area contributed by atoms with E-state index in [0.717, 1.165) is 11.1 Å². The summed E-state index contributed by atoms with van der Waals surface area (Å²) in [5.74, 6) is -0.518. The minimum absolute atomic E-state index is 0.00828. The van der Waals surface area contributed by atoms with Gasteiger partial charge in [-0.05, 0) is 44.9 Å². The molecule has 2 N–H and O–H groups in total. The molecule has 10 nitrogen and oxygen atoms in total. The van der Waals surface area contributed by atoms with Crippen LogP contribution in [0.5, 0.6) is 11.5 Å². The van der Waals surface area contributed by atoms with Gasteiger partial charge in [0.1, 0.15) is 6.04 Å². The number of rotatable bonds is 4. The van der Waals surface area contributed by atoms with Crippen LogP contribution in [0.1, 0.15) is 43.0 Å². The van der Waals surface area contributed by atoms with Crippen LogP contribution in [0.2, 0.25) is 0 Å². The number of nitrogens with one attached hydrogen (secondary N) is 1. The molecular weight excluding hydrogens is 488 g/mol. The van der Waals surface area contributed by atoms with E-state index in [0.29, 0.717) is 23.3 Å². The number of phenolic OH excluding ortho intramolecular Hbond substituents is 1. The molecule has 1 fully saturated rings. The van der Waals surface area contributed by atoms with E-state index >= 15 is 0 Å². The minimum Gasteiger partial charge on any atom is -0.504 e. The van der Waals surface area contributed by atoms with E-state index in [4.69, 9.17) is 9.47 Å². The topological polar surface area (TPSA) is 132 Å². The molecule has 1 aliphatic carbocycles. The second-order valence-corrected chi connectivity index (χ2v) is 10.5. The second kappa shape index (κ2) is 9.26. The summed E-state index contributed by atoms with van der Waals surface area (Å²) in [6, 6.07) is 2.07. The first kappa shape index (κ1) is 25.9. The highest BCUT2D eigenvalue weighted by Gasteiger charge is 2.57. The summed E-state index contributed by atoms with van der Waals surface area (Å²) < 4.78 is 10.9. The van der Waals surface area contributed by atoms with E-state index in [1.165, 1.54) is 21.1 Å². The third-order valence-electron chi connectivity index (χ3n) is 8.61. The monoisotopic (exact) mass is 520 g/mol. The number of amides is 1. The number of likely N-dealkylation sites (N-methyl/N-ethyl adjacent to an activating group) is 1. The molecule has 0 aromatic heterocycles. The Bertz CT molecular complexity index is 1370. The van der Waals surface area contributed by atoms with Crippen LogP contribution in [-0.4, -0.2) is 84.4 Å². The van der Waals surface area contributed by atoms with Crippen molar-refractivity contribution in [3.63, 3.8) is 0 Å². The molecule has 10 heteroatoms. The summed E-state index contributed by atoms with van der Waals surface area (Å²) in [4.78, 5) is 43.3. The maximum atomic E-state index is 13.7. The lowest BCUT2D eigenvalue weighted by molar-refractivity contribution is -0.124. The maximum Gasteiger partial charge on any atom is 0.226 e. The van der Waals surface area contributed by atoms with Gasteiger partial charge < -0.3 is 19.9 Å². The predicted molar refractivity (Wildman–Crippen MR) is 136 cm³/mol. The number of carbonyl (C=O) groups excluding carboxylic acids is 3. The first-order valence-electron chi connectivity index (χ1n) is 12.7. The third-order valence-corrected chi connectivity index (χ3v) is 8.61. The summed E-state index contributed by atoms with van der Waals surface area (Å²) in [6.45, 7) is 4.89. The van der Waals surface area contributed by atoms with Crippen molar-refractivity contribution in [2.45, 2.75) is 63.8 Å². The van der Waals surface area contributed by atoms with Crippen molar-refractivity contribution in [2.24, 2.45) is 0 Å². The number of fused-ring (bicyclic) bond motifs is 6. The molecule has 2 bridgehead atoms. The molecule has 4 aliphatic rings. The average Bonchev–Trinajstić information content (AvgIpc) is 2.86. The highest BCUT2D eigenvalue weighted by atomic mass is 16.5. The second-order valence-electron chi connectivity index (χ2n) is 10.5. The highest BCUT2D eigenvalue weighted by Crippen LogP contribution is 2.53. The van der Waals surface area contributed by atoms with Gasteiger partial charge in [-0.15, -0.1) is 0 Å². The number of nitrogens with zero attached hydrogens (tertiary/aromatic N) is 3. The average molecular weight is 521 g/mol. The lowest BCUT2D eigenvalue weighted by atomic mass is 9.69. The Morgan fingerprint density at radius 1 is 1.18 bits per heavy atom. The van der Waals surface area contributed by atoms with Gasteiger partial charge in [0.15, 0.2) is 23.0 Å². The number of ether oxygens (including phenoxy) is 2. The molecule has 200 valence electrons. The molecule has 2 unspecified atom stereocenters. The normalized spacial score (nSPS) is 28.8. The molecule has 3 heterocycles. The first-order chi connectivity index (χ1) is 18.1. The van der Waals surface area contributed by atoms with Gasteiger partial charge in [-0.2, -0.15) is 5.26 Å². The number of piperazine rings is 1. The SMILES string of the molecule is COC1=C(C)C(=O)C2=C(C1=O)C(CNC(C)=O)N1C(C2)[C@H]2c3c(cc(C)c(OC)c3O)C[C@@H]([C@@H]1C#N)N2C. The lowest BCUT2D eigenvalue weighted by Gasteiger charge is -2.60. The Balaban J connectivity index is 1.74. The van der Waals surface area contributed by atoms with Gasteiger partial charge in [0.05, 0.1) is 32.4 Å². The molecular formula is C28H32N4O6. The lowest BCUT2D eigenvalue weighted by Crippen LogP contribution is -2.71. The van der Waals surface area contributed by atoms with E-state index in [1.807, 2.05) is 24.9 Å². The predicted octanol–water partition coefficient (Wildman–Crippen LogP) is 1.46. The number of carbonyl (C=O) groups is 3. The molecule has 0 saturated carbocycles. The van der Waals surface area contributed by atoms with Crippen molar-refractivity contribution in [1.29, 1.82) is 5.26 Å². The zero-order chi connectivity index (χ0) is 27.6. The van der Waals surface area contributed by atoms with Crippen molar-refractivity contribution in [3.8, 4) is 17.6 Å². The van der Waals surface area contributed by atoms with Gasteiger partial charge >= 0.3 is 0 Å². The number of ketones is 2. The maximum absolute atomic E-state index is 13.7. The van der Waals surface area contributed by atoms with Gasteiger partial charge in [0.2, 0.25) is 11.7 Å². The van der Waals surface area contributed by atoms with E-state index < -0.39 is 23.9 Å². The molecule has 3 aliphatic heterocycles. The summed E-state index contributed by atoms with van der Waals surface area (Å²) in [5, 5.41) is 24.7. The van der Waals surface area contributed by atoms with Gasteiger partial charge in [0, 0.05) is 47.8 Å². The van der Waals surface area contributed by atoms with Crippen molar-refractivity contribution >= 4 is 17.5 Å². The van der Waals surface area contributed by atoms with Crippen LogP contribution < -0.4 is 10.1 Å². The fourth-order valence-electron chi connectivity index (χ4n) is 7.05. The standard InChI is InChI=1S/C28H32N4O6/c1-12-7-15-8-17-19(10-29)32-18(23(31(17)4)21(15)25(35)27(12)37-5)9-16-22(20(32)11-30-14(3)33)26(36)28(38-6)13(2)24(16)34/h7,17-20,23,35H,8-9,11H2,1-6H3,(H,30,33)/t17-,18?,19-,20?,23-/m0/s1. The van der Waals surface area contributed by atoms with Crippen LogP contribution in [0.4, 0.5) is 0 Å². The number of allylic oxidation sites excluding steroid dienone is 2. The van der Waals surface area contributed by atoms with Crippen LogP contribution in [0.3, 0.4) is 0 Å². The molecule has 5 atom stereocenters. The van der Waals surface area contributed by atoms with Gasteiger partial charge in [-0.25, -0.2) is 0 Å². The smallest absolute Gasteiger partial charge is 0.226 e. The number of hydrogen-bond acceptors (Lipinski definition) is 9. The number of aromatic hydroxyl groups is 1. The molecule has 5 rings (SSSR count). The Labute approximate surface area is 221 Å². The fraction of sp³-hybridized carbons (Fsp3) is 0.500. The number of nitriles is 1. The van der Waals surface area contributed by atoms with Crippen LogP contribution >= 0.6 is 0 Å². The van der Waals surface area contributed by atoms with Gasteiger partial charge in [-0.1, -0.05) is 6.07 Å². The molecule has 1 saturated heterocycles. The Kier molecular flexibility index (Phi) is 6.32. The van der Waals surface area contributed by atoms with Crippen molar-refractivity contribution in [1.82, 2.24) is 15.1 Å². The van der Waals surface area contributed by atoms with Gasteiger partial charge in [-0.3, -0.25) is 24.2 Å². The highest BCUT2D eigenvalue weighted by molar-refractivity contribution is 6.25. The van der Waals surface area contributed by atoms with Gasteiger partial charge in [0.25, 0.3) is 0 Å². The number of Topliss-reactive ketones (excluding diaryl/α,β-unsaturated/α-hetero) is 2. The Hall–Kier alpha value is -3.68. The number of aryl methyl sites for hydroxylation is 1. The zero-order valence-electron chi connectivity index (χ0n) is 22.4. The molecule has 1 aromatic carbocycles. The fourth-order valence-corrected chi connectivity index (χ4v) is 7.05. The Morgan fingerprint density at radius 2 is 1.89 bits per heavy atom. The van der Waals surface area contributed by atoms with Crippen LogP contribution in [0.25, 0.3) is 0 Å². The first-order valence-corrected chi connectivity index (χ1v) is 12.7. The quantitative estimate of drug-likeness (QED) is 0.566. The molecule has 0 spiro atoms. The largest absolute Gasteiger partial charge is 0.504 e. The van der Waals surface area contributed by atoms with Crippen molar-refractivity contribution in [3.05, 3.63) is 45.2 Å². The molecule has 1 amide bonds. The van der Waals surface area contributed by atoms with E-state index in [9.17, 15) is 24.8 Å². The number of hydrogen-bond donors (Lipinski definition) is 2. The van der Waals surface area contributed by atoms with Crippen LogP contribution in [-0.2, 0) is 25.5 Å². The number of benzene rings is 1. The third kappa shape index (κ3) is 3.49. The van der Waals surface area contributed by atoms with Crippen molar-refractivity contribution in [2.75, 3.05) is 27.8 Å². The summed E-state index contributed by atoms with van der Waals surface area (Å²) in [6.07, 6.45) is 0.718. The molecule has 1 aromatic rings. The Morgan fingerprint density at radius 3 is 2.50 bits per heavy atom. The van der Waals surface area contributed by atoms with E-state index in [2.05, 4.69) is 16.3 Å².